The summed E-state index contributed by atoms with van der Waals surface area (Å²) in [7, 11) is -3.46. The third-order valence-corrected chi connectivity index (χ3v) is 3.70. The second kappa shape index (κ2) is 10.8. The van der Waals surface area contributed by atoms with E-state index in [1.54, 1.807) is 0 Å². The molecular formula is C13H27IN6O2S. The van der Waals surface area contributed by atoms with Crippen LogP contribution in [0.4, 0.5) is 0 Å². The van der Waals surface area contributed by atoms with Crippen LogP contribution in [0.5, 0.6) is 0 Å². The molecule has 0 bridgehead atoms. The van der Waals surface area contributed by atoms with Gasteiger partial charge in [-0.3, -0.25) is 9.67 Å². The second-order valence-electron chi connectivity index (χ2n) is 5.06. The summed E-state index contributed by atoms with van der Waals surface area (Å²) in [4.78, 5) is 4.40. The van der Waals surface area contributed by atoms with Crippen LogP contribution in [-0.4, -0.2) is 49.5 Å². The number of nitrogens with two attached hydrogens (primary N) is 1. The molecule has 23 heavy (non-hydrogen) atoms. The molecular weight excluding hydrogens is 431 g/mol. The normalized spacial score (nSPS) is 11.9. The number of primary sulfonamides is 1. The number of nitrogens with one attached hydrogen (secondary N) is 2. The highest BCUT2D eigenvalue weighted by molar-refractivity contribution is 14.0. The lowest BCUT2D eigenvalue weighted by Gasteiger charge is -2.10. The Hall–Kier alpha value is -0.880. The number of hydrogen-bond acceptors (Lipinski definition) is 4. The lowest BCUT2D eigenvalue weighted by atomic mass is 10.4. The Morgan fingerprint density at radius 2 is 2.09 bits per heavy atom. The van der Waals surface area contributed by atoms with E-state index in [0.29, 0.717) is 19.0 Å². The van der Waals surface area contributed by atoms with Gasteiger partial charge in [-0.1, -0.05) is 0 Å². The van der Waals surface area contributed by atoms with Crippen molar-refractivity contribution in [3.8, 4) is 0 Å². The minimum absolute atomic E-state index is 0. The van der Waals surface area contributed by atoms with Crippen molar-refractivity contribution in [1.29, 1.82) is 0 Å². The van der Waals surface area contributed by atoms with Gasteiger partial charge in [0.05, 0.1) is 11.4 Å². The van der Waals surface area contributed by atoms with Crippen LogP contribution in [0, 0.1) is 13.8 Å². The molecule has 134 valence electrons. The van der Waals surface area contributed by atoms with Gasteiger partial charge in [-0.15, -0.1) is 24.0 Å². The number of hydrogen-bond donors (Lipinski definition) is 3. The molecule has 10 heteroatoms. The highest BCUT2D eigenvalue weighted by Crippen LogP contribution is 2.02. The van der Waals surface area contributed by atoms with E-state index in [0.717, 1.165) is 24.4 Å². The monoisotopic (exact) mass is 458 g/mol. The van der Waals surface area contributed by atoms with Crippen LogP contribution >= 0.6 is 24.0 Å². The van der Waals surface area contributed by atoms with Gasteiger partial charge >= 0.3 is 0 Å². The Morgan fingerprint density at radius 3 is 2.61 bits per heavy atom. The summed E-state index contributed by atoms with van der Waals surface area (Å²) in [5.74, 6) is 0.475. The lowest BCUT2D eigenvalue weighted by molar-refractivity contribution is 0.567. The molecule has 0 saturated heterocycles. The predicted molar refractivity (Wildman–Crippen MR) is 104 cm³/mol. The molecule has 0 fully saturated rings. The average Bonchev–Trinajstić information content (AvgIpc) is 2.71. The molecule has 1 rings (SSSR count). The molecule has 0 aliphatic carbocycles. The van der Waals surface area contributed by atoms with Gasteiger partial charge in [-0.2, -0.15) is 5.10 Å². The first-order valence-electron chi connectivity index (χ1n) is 7.35. The summed E-state index contributed by atoms with van der Waals surface area (Å²) in [5, 5.41) is 15.4. The fourth-order valence-electron chi connectivity index (χ4n) is 1.97. The predicted octanol–water partition coefficient (Wildman–Crippen LogP) is 0.352. The number of aryl methyl sites for hydroxylation is 3. The quantitative estimate of drug-likeness (QED) is 0.225. The van der Waals surface area contributed by atoms with Crippen molar-refractivity contribution in [3.63, 3.8) is 0 Å². The van der Waals surface area contributed by atoms with Crippen LogP contribution in [0.1, 0.15) is 24.7 Å². The SMILES string of the molecule is CCNC(=NCCCn1nc(C)cc1C)NCCS(N)(=O)=O.I. The number of nitrogens with zero attached hydrogens (tertiary/aromatic N) is 3. The minimum atomic E-state index is -3.46. The van der Waals surface area contributed by atoms with E-state index in [2.05, 4.69) is 20.7 Å². The standard InChI is InChI=1S/C13H26N6O2S.HI/c1-4-15-13(17-7-9-22(14,20)21)16-6-5-8-19-12(3)10-11(2)18-19;/h10H,4-9H2,1-3H3,(H2,14,20,21)(H2,15,16,17);1H. The number of rotatable bonds is 8. The third-order valence-electron chi connectivity index (χ3n) is 2.92. The number of halogens is 1. The summed E-state index contributed by atoms with van der Waals surface area (Å²) in [6.45, 7) is 8.33. The fraction of sp³-hybridized carbons (Fsp3) is 0.692. The van der Waals surface area contributed by atoms with Gasteiger partial charge in [0, 0.05) is 31.9 Å². The van der Waals surface area contributed by atoms with Crippen molar-refractivity contribution in [2.24, 2.45) is 10.1 Å². The molecule has 0 aliphatic rings. The Bertz CT molecular complexity index is 600. The summed E-state index contributed by atoms with van der Waals surface area (Å²) < 4.78 is 23.7. The van der Waals surface area contributed by atoms with Crippen molar-refractivity contribution in [3.05, 3.63) is 17.5 Å². The van der Waals surface area contributed by atoms with E-state index >= 15 is 0 Å². The van der Waals surface area contributed by atoms with Gasteiger partial charge in [0.25, 0.3) is 0 Å². The second-order valence-corrected chi connectivity index (χ2v) is 6.79. The van der Waals surface area contributed by atoms with E-state index in [1.165, 1.54) is 0 Å². The highest BCUT2D eigenvalue weighted by Gasteiger charge is 2.04. The van der Waals surface area contributed by atoms with E-state index in [1.807, 2.05) is 31.5 Å². The number of aromatic nitrogens is 2. The van der Waals surface area contributed by atoms with Gasteiger partial charge in [-0.25, -0.2) is 13.6 Å². The van der Waals surface area contributed by atoms with Crippen molar-refractivity contribution in [2.45, 2.75) is 33.7 Å². The maximum Gasteiger partial charge on any atom is 0.210 e. The van der Waals surface area contributed by atoms with Crippen LogP contribution in [0.3, 0.4) is 0 Å². The molecule has 1 heterocycles. The van der Waals surface area contributed by atoms with Crippen LogP contribution < -0.4 is 15.8 Å². The zero-order valence-electron chi connectivity index (χ0n) is 13.9. The molecule has 0 amide bonds. The van der Waals surface area contributed by atoms with E-state index in [4.69, 9.17) is 5.14 Å². The van der Waals surface area contributed by atoms with Gasteiger partial charge in [0.1, 0.15) is 0 Å². The van der Waals surface area contributed by atoms with Crippen LogP contribution in [0.2, 0.25) is 0 Å². The van der Waals surface area contributed by atoms with Gasteiger partial charge in [0.2, 0.25) is 10.0 Å². The number of aliphatic imine (C=N–C) groups is 1. The molecule has 0 aromatic carbocycles. The Labute approximate surface area is 155 Å². The highest BCUT2D eigenvalue weighted by atomic mass is 127. The van der Waals surface area contributed by atoms with Crippen molar-refractivity contribution < 1.29 is 8.42 Å². The average molecular weight is 458 g/mol. The number of guanidine groups is 1. The van der Waals surface area contributed by atoms with Gasteiger partial charge < -0.3 is 10.6 Å². The maximum atomic E-state index is 10.9. The molecule has 0 atom stereocenters. The van der Waals surface area contributed by atoms with Crippen LogP contribution in [0.25, 0.3) is 0 Å². The Balaban J connectivity index is 0.00000484. The summed E-state index contributed by atoms with van der Waals surface area (Å²) in [6, 6.07) is 2.04. The zero-order chi connectivity index (χ0) is 16.6. The molecule has 0 saturated carbocycles. The van der Waals surface area contributed by atoms with E-state index in [9.17, 15) is 8.42 Å². The van der Waals surface area contributed by atoms with E-state index < -0.39 is 10.0 Å². The molecule has 1 aromatic heterocycles. The van der Waals surface area contributed by atoms with Crippen molar-refractivity contribution in [1.82, 2.24) is 20.4 Å². The molecule has 1 aromatic rings. The van der Waals surface area contributed by atoms with Gasteiger partial charge in [0.15, 0.2) is 5.96 Å². The van der Waals surface area contributed by atoms with Crippen LogP contribution in [0.15, 0.2) is 11.1 Å². The van der Waals surface area contributed by atoms with E-state index in [-0.39, 0.29) is 36.3 Å². The minimum Gasteiger partial charge on any atom is -0.357 e. The zero-order valence-corrected chi connectivity index (χ0v) is 17.0. The summed E-state index contributed by atoms with van der Waals surface area (Å²) in [6.07, 6.45) is 0.855. The largest absolute Gasteiger partial charge is 0.357 e. The van der Waals surface area contributed by atoms with Crippen molar-refractivity contribution >= 4 is 40.0 Å². The fourth-order valence-corrected chi connectivity index (χ4v) is 2.35. The molecule has 8 nitrogen and oxygen atoms in total. The topological polar surface area (TPSA) is 114 Å². The third kappa shape index (κ3) is 9.76. The van der Waals surface area contributed by atoms with Crippen LogP contribution in [-0.2, 0) is 16.6 Å². The van der Waals surface area contributed by atoms with Gasteiger partial charge in [-0.05, 0) is 33.3 Å². The molecule has 4 N–H and O–H groups in total. The Kier molecular flexibility index (Phi) is 10.4. The Morgan fingerprint density at radius 1 is 1.39 bits per heavy atom. The first kappa shape index (κ1) is 22.1. The first-order chi connectivity index (χ1) is 10.3. The summed E-state index contributed by atoms with van der Waals surface area (Å²) in [5.41, 5.74) is 2.15. The summed E-state index contributed by atoms with van der Waals surface area (Å²) >= 11 is 0. The smallest absolute Gasteiger partial charge is 0.210 e. The molecule has 0 unspecified atom stereocenters. The van der Waals surface area contributed by atoms with Crippen molar-refractivity contribution in [2.75, 3.05) is 25.4 Å². The molecule has 0 radical (unpaired) electrons. The first-order valence-corrected chi connectivity index (χ1v) is 9.07. The molecule has 0 spiro atoms. The number of sulfonamides is 1. The maximum absolute atomic E-state index is 10.9. The molecule has 0 aliphatic heterocycles. The lowest BCUT2D eigenvalue weighted by Crippen LogP contribution is -2.40.